The van der Waals surface area contributed by atoms with Crippen molar-refractivity contribution < 1.29 is 8.42 Å². The van der Waals surface area contributed by atoms with Crippen LogP contribution in [-0.4, -0.2) is 25.4 Å². The summed E-state index contributed by atoms with van der Waals surface area (Å²) in [6.07, 6.45) is 1.45. The SMILES string of the molecule is Cc1ccc(S(=O)(=O)N2CCCC(C)C2N)cc1. The standard InChI is InChI=1S/C13H20N2O2S/c1-10-5-7-12(8-6-10)18(16,17)15-9-3-4-11(2)13(15)14/h5-8,11,13H,3-4,9,14H2,1-2H3. The van der Waals surface area contributed by atoms with Gasteiger partial charge in [-0.05, 0) is 37.8 Å². The van der Waals surface area contributed by atoms with E-state index in [2.05, 4.69) is 0 Å². The summed E-state index contributed by atoms with van der Waals surface area (Å²) < 4.78 is 26.4. The molecule has 1 heterocycles. The molecule has 0 aromatic heterocycles. The van der Waals surface area contributed by atoms with Crippen LogP contribution in [-0.2, 0) is 10.0 Å². The lowest BCUT2D eigenvalue weighted by Crippen LogP contribution is -2.52. The summed E-state index contributed by atoms with van der Waals surface area (Å²) in [5, 5.41) is 0. The van der Waals surface area contributed by atoms with Crippen molar-refractivity contribution in [1.29, 1.82) is 0 Å². The fourth-order valence-electron chi connectivity index (χ4n) is 2.30. The van der Waals surface area contributed by atoms with Crippen molar-refractivity contribution in [3.05, 3.63) is 29.8 Å². The predicted molar refractivity (Wildman–Crippen MR) is 71.4 cm³/mol. The fourth-order valence-corrected chi connectivity index (χ4v) is 3.95. The molecular weight excluding hydrogens is 248 g/mol. The lowest BCUT2D eigenvalue weighted by molar-refractivity contribution is 0.192. The molecule has 1 fully saturated rings. The Morgan fingerprint density at radius 2 is 1.89 bits per heavy atom. The minimum atomic E-state index is -3.45. The Morgan fingerprint density at radius 1 is 1.28 bits per heavy atom. The van der Waals surface area contributed by atoms with Gasteiger partial charge in [0.15, 0.2) is 0 Å². The van der Waals surface area contributed by atoms with Gasteiger partial charge in [-0.15, -0.1) is 0 Å². The number of benzene rings is 1. The summed E-state index contributed by atoms with van der Waals surface area (Å²) in [5.74, 6) is 0.207. The van der Waals surface area contributed by atoms with Gasteiger partial charge in [0.1, 0.15) is 0 Å². The summed E-state index contributed by atoms with van der Waals surface area (Å²) in [6, 6.07) is 6.92. The molecule has 100 valence electrons. The van der Waals surface area contributed by atoms with Gasteiger partial charge in [-0.2, -0.15) is 4.31 Å². The van der Waals surface area contributed by atoms with E-state index in [0.717, 1.165) is 18.4 Å². The van der Waals surface area contributed by atoms with Crippen molar-refractivity contribution in [2.45, 2.75) is 37.8 Å². The van der Waals surface area contributed by atoms with Crippen LogP contribution in [0.2, 0.25) is 0 Å². The van der Waals surface area contributed by atoms with E-state index in [9.17, 15) is 8.42 Å². The molecule has 1 aromatic rings. The maximum Gasteiger partial charge on any atom is 0.244 e. The van der Waals surface area contributed by atoms with E-state index in [0.29, 0.717) is 11.4 Å². The Morgan fingerprint density at radius 3 is 2.50 bits per heavy atom. The number of nitrogens with two attached hydrogens (primary N) is 1. The average Bonchev–Trinajstić information content (AvgIpc) is 2.33. The molecule has 1 aromatic carbocycles. The molecule has 2 rings (SSSR count). The minimum Gasteiger partial charge on any atom is -0.315 e. The molecule has 0 saturated carbocycles. The third-order valence-electron chi connectivity index (χ3n) is 3.58. The summed E-state index contributed by atoms with van der Waals surface area (Å²) in [6.45, 7) is 4.45. The topological polar surface area (TPSA) is 63.4 Å². The zero-order valence-corrected chi connectivity index (χ0v) is 11.7. The Kier molecular flexibility index (Phi) is 3.75. The second-order valence-electron chi connectivity index (χ2n) is 5.04. The Balaban J connectivity index is 2.33. The molecule has 2 N–H and O–H groups in total. The van der Waals surface area contributed by atoms with Crippen molar-refractivity contribution in [3.8, 4) is 0 Å². The number of piperidine rings is 1. The fraction of sp³-hybridized carbons (Fsp3) is 0.538. The number of rotatable bonds is 2. The molecule has 0 radical (unpaired) electrons. The van der Waals surface area contributed by atoms with Crippen LogP contribution >= 0.6 is 0 Å². The number of hydrogen-bond donors (Lipinski definition) is 1. The first kappa shape index (κ1) is 13.5. The van der Waals surface area contributed by atoms with Gasteiger partial charge in [-0.1, -0.05) is 24.6 Å². The second kappa shape index (κ2) is 4.99. The van der Waals surface area contributed by atoms with E-state index in [1.165, 1.54) is 4.31 Å². The molecule has 18 heavy (non-hydrogen) atoms. The van der Waals surface area contributed by atoms with Crippen LogP contribution in [0.15, 0.2) is 29.2 Å². The third-order valence-corrected chi connectivity index (χ3v) is 5.49. The van der Waals surface area contributed by atoms with Crippen molar-refractivity contribution in [2.24, 2.45) is 11.7 Å². The van der Waals surface area contributed by atoms with E-state index in [-0.39, 0.29) is 5.92 Å². The molecule has 0 amide bonds. The quantitative estimate of drug-likeness (QED) is 0.888. The maximum atomic E-state index is 12.5. The average molecular weight is 268 g/mol. The molecule has 0 aliphatic carbocycles. The van der Waals surface area contributed by atoms with Crippen LogP contribution in [0.4, 0.5) is 0 Å². The molecular formula is C13H20N2O2S. The first-order valence-corrected chi connectivity index (χ1v) is 7.71. The summed E-state index contributed by atoms with van der Waals surface area (Å²) in [7, 11) is -3.45. The molecule has 4 nitrogen and oxygen atoms in total. The highest BCUT2D eigenvalue weighted by Gasteiger charge is 2.34. The van der Waals surface area contributed by atoms with E-state index in [1.807, 2.05) is 26.0 Å². The van der Waals surface area contributed by atoms with E-state index in [4.69, 9.17) is 5.73 Å². The van der Waals surface area contributed by atoms with Gasteiger partial charge >= 0.3 is 0 Å². The normalized spacial score (nSPS) is 26.2. The highest BCUT2D eigenvalue weighted by atomic mass is 32.2. The van der Waals surface area contributed by atoms with E-state index < -0.39 is 16.2 Å². The van der Waals surface area contributed by atoms with E-state index >= 15 is 0 Å². The van der Waals surface area contributed by atoms with Crippen LogP contribution in [0.5, 0.6) is 0 Å². The largest absolute Gasteiger partial charge is 0.315 e. The van der Waals surface area contributed by atoms with Crippen LogP contribution in [0.3, 0.4) is 0 Å². The van der Waals surface area contributed by atoms with Gasteiger partial charge in [0, 0.05) is 6.54 Å². The lowest BCUT2D eigenvalue weighted by Gasteiger charge is -2.36. The maximum absolute atomic E-state index is 12.5. The van der Waals surface area contributed by atoms with E-state index in [1.54, 1.807) is 12.1 Å². The number of sulfonamides is 1. The summed E-state index contributed by atoms with van der Waals surface area (Å²) in [5.41, 5.74) is 7.07. The molecule has 1 aliphatic heterocycles. The molecule has 0 bridgehead atoms. The van der Waals surface area contributed by atoms with Crippen molar-refractivity contribution in [3.63, 3.8) is 0 Å². The van der Waals surface area contributed by atoms with Gasteiger partial charge in [0.25, 0.3) is 0 Å². The monoisotopic (exact) mass is 268 g/mol. The summed E-state index contributed by atoms with van der Waals surface area (Å²) in [4.78, 5) is 0.331. The van der Waals surface area contributed by atoms with Crippen LogP contribution in [0.25, 0.3) is 0 Å². The van der Waals surface area contributed by atoms with Gasteiger partial charge in [0.05, 0.1) is 11.1 Å². The van der Waals surface area contributed by atoms with Crippen LogP contribution < -0.4 is 5.73 Å². The Labute approximate surface area is 109 Å². The smallest absolute Gasteiger partial charge is 0.244 e. The number of aryl methyl sites for hydroxylation is 1. The zero-order valence-electron chi connectivity index (χ0n) is 10.8. The number of nitrogens with zero attached hydrogens (tertiary/aromatic N) is 1. The van der Waals surface area contributed by atoms with Crippen LogP contribution in [0.1, 0.15) is 25.3 Å². The molecule has 5 heteroatoms. The van der Waals surface area contributed by atoms with Crippen molar-refractivity contribution in [1.82, 2.24) is 4.31 Å². The van der Waals surface area contributed by atoms with Crippen LogP contribution in [0, 0.1) is 12.8 Å². The van der Waals surface area contributed by atoms with Gasteiger partial charge in [0.2, 0.25) is 10.0 Å². The Bertz CT molecular complexity index is 510. The lowest BCUT2D eigenvalue weighted by atomic mass is 9.99. The first-order valence-electron chi connectivity index (χ1n) is 6.27. The predicted octanol–water partition coefficient (Wildman–Crippen LogP) is 1.70. The Hall–Kier alpha value is -0.910. The molecule has 1 saturated heterocycles. The third kappa shape index (κ3) is 2.43. The second-order valence-corrected chi connectivity index (χ2v) is 6.93. The zero-order chi connectivity index (χ0) is 13.3. The van der Waals surface area contributed by atoms with Crippen molar-refractivity contribution >= 4 is 10.0 Å². The molecule has 0 spiro atoms. The first-order chi connectivity index (χ1) is 8.43. The van der Waals surface area contributed by atoms with Gasteiger partial charge in [-0.3, -0.25) is 0 Å². The van der Waals surface area contributed by atoms with Gasteiger partial charge < -0.3 is 5.73 Å². The number of hydrogen-bond acceptors (Lipinski definition) is 3. The van der Waals surface area contributed by atoms with Crippen molar-refractivity contribution in [2.75, 3.05) is 6.54 Å². The molecule has 2 unspecified atom stereocenters. The molecule has 1 aliphatic rings. The van der Waals surface area contributed by atoms with Gasteiger partial charge in [-0.25, -0.2) is 8.42 Å². The minimum absolute atomic E-state index is 0.207. The summed E-state index contributed by atoms with van der Waals surface area (Å²) >= 11 is 0. The highest BCUT2D eigenvalue weighted by Crippen LogP contribution is 2.26. The molecule has 2 atom stereocenters. The highest BCUT2D eigenvalue weighted by molar-refractivity contribution is 7.89.